The number of hydrogen-bond acceptors (Lipinski definition) is 16. The molecule has 0 spiro atoms. The molecule has 0 heterocycles. The molecule has 22 heteroatoms. The van der Waals surface area contributed by atoms with E-state index in [0.29, 0.717) is 159 Å². The Labute approximate surface area is 408 Å². The molecule has 0 aliphatic heterocycles. The van der Waals surface area contributed by atoms with Gasteiger partial charge in [0.25, 0.3) is 0 Å². The molecule has 0 fully saturated rings. The number of ketones is 2. The lowest BCUT2D eigenvalue weighted by Gasteiger charge is -2.22. The quantitative estimate of drug-likeness (QED) is 0.0311. The minimum absolute atomic E-state index is 0.0751. The Balaban J connectivity index is 5.33. The van der Waals surface area contributed by atoms with Gasteiger partial charge < -0.3 is 50.8 Å². The number of rotatable bonds is 45. The maximum atomic E-state index is 13.8. The molecule has 6 N–H and O–H groups in total. The molecule has 0 radical (unpaired) electrons. The second kappa shape index (κ2) is 43.9. The van der Waals surface area contributed by atoms with E-state index in [1.165, 1.54) is 6.92 Å². The van der Waals surface area contributed by atoms with Crippen LogP contribution in [0.2, 0.25) is 0 Å². The van der Waals surface area contributed by atoms with Gasteiger partial charge in [0.2, 0.25) is 35.4 Å². The number of carbonyl (C=O) groups is 8. The monoisotopic (exact) mass is 998 g/mol. The zero-order valence-electron chi connectivity index (χ0n) is 38.3. The van der Waals surface area contributed by atoms with Crippen molar-refractivity contribution in [1.29, 1.82) is 0 Å². The first-order valence-electron chi connectivity index (χ1n) is 22.8. The Morgan fingerprint density at radius 1 is 0.415 bits per heavy atom. The van der Waals surface area contributed by atoms with E-state index in [1.807, 2.05) is 0 Å². The van der Waals surface area contributed by atoms with E-state index in [2.05, 4.69) is 82.4 Å². The molecule has 0 unspecified atom stereocenters. The molecule has 0 aromatic rings. The van der Waals surface area contributed by atoms with Crippen molar-refractivity contribution in [3.8, 4) is 0 Å². The summed E-state index contributed by atoms with van der Waals surface area (Å²) in [5.74, 6) is -0.938. The third-order valence-electron chi connectivity index (χ3n) is 9.57. The fourth-order valence-electron chi connectivity index (χ4n) is 6.03. The summed E-state index contributed by atoms with van der Waals surface area (Å²) < 4.78 is 21.9. The first-order chi connectivity index (χ1) is 31.4. The number of amides is 6. The number of unbranched alkanes of at least 4 members (excludes halogenated alkanes) is 3. The van der Waals surface area contributed by atoms with E-state index in [1.54, 1.807) is 0 Å². The van der Waals surface area contributed by atoms with Crippen molar-refractivity contribution >= 4 is 97.5 Å². The van der Waals surface area contributed by atoms with E-state index in [-0.39, 0.29) is 86.0 Å². The molecule has 65 heavy (non-hydrogen) atoms. The van der Waals surface area contributed by atoms with Crippen molar-refractivity contribution in [1.82, 2.24) is 31.9 Å². The van der Waals surface area contributed by atoms with Crippen LogP contribution in [-0.4, -0.2) is 161 Å². The highest BCUT2D eigenvalue weighted by molar-refractivity contribution is 7.80. The summed E-state index contributed by atoms with van der Waals surface area (Å²) in [6.07, 6.45) is 5.50. The molecule has 0 aliphatic carbocycles. The largest absolute Gasteiger partial charge is 0.379 e. The van der Waals surface area contributed by atoms with Crippen molar-refractivity contribution in [2.24, 2.45) is 5.92 Å². The summed E-state index contributed by atoms with van der Waals surface area (Å²) in [7, 11) is 0. The second-order valence-electron chi connectivity index (χ2n) is 15.2. The predicted octanol–water partition coefficient (Wildman–Crippen LogP) is 1.83. The molecule has 18 nitrogen and oxygen atoms in total. The fraction of sp³-hybridized carbons (Fsp3) is 0.814. The van der Waals surface area contributed by atoms with Gasteiger partial charge in [-0.25, -0.2) is 0 Å². The summed E-state index contributed by atoms with van der Waals surface area (Å²) in [4.78, 5) is 100.0. The van der Waals surface area contributed by atoms with Crippen LogP contribution in [0, 0.1) is 5.92 Å². The number of hydrogen-bond donors (Lipinski definition) is 10. The van der Waals surface area contributed by atoms with Crippen LogP contribution in [0.15, 0.2) is 0 Å². The van der Waals surface area contributed by atoms with Gasteiger partial charge in [0.1, 0.15) is 11.8 Å². The summed E-state index contributed by atoms with van der Waals surface area (Å²) >= 11 is 16.4. The van der Waals surface area contributed by atoms with Gasteiger partial charge in [-0.3, -0.25) is 38.4 Å². The number of nitrogens with one attached hydrogen (secondary N) is 6. The summed E-state index contributed by atoms with van der Waals surface area (Å²) in [5, 5.41) is 17.0. The summed E-state index contributed by atoms with van der Waals surface area (Å²) in [6, 6.07) is -1.60. The Kier molecular flexibility index (Phi) is 42.2. The van der Waals surface area contributed by atoms with Gasteiger partial charge in [-0.05, 0) is 81.3 Å². The van der Waals surface area contributed by atoms with E-state index in [0.717, 1.165) is 0 Å². The third-order valence-corrected chi connectivity index (χ3v) is 10.5. The van der Waals surface area contributed by atoms with Crippen LogP contribution < -0.4 is 31.9 Å². The van der Waals surface area contributed by atoms with Crippen molar-refractivity contribution in [2.75, 3.05) is 102 Å². The van der Waals surface area contributed by atoms with Gasteiger partial charge in [0.15, 0.2) is 5.78 Å². The fourth-order valence-corrected chi connectivity index (χ4v) is 6.84. The van der Waals surface area contributed by atoms with Crippen LogP contribution in [0.25, 0.3) is 0 Å². The van der Waals surface area contributed by atoms with Crippen LogP contribution in [0.4, 0.5) is 0 Å². The molecule has 6 amide bonds. The van der Waals surface area contributed by atoms with Gasteiger partial charge in [-0.2, -0.15) is 50.5 Å². The minimum atomic E-state index is -0.830. The van der Waals surface area contributed by atoms with Crippen LogP contribution in [-0.2, 0) is 57.3 Å². The Morgan fingerprint density at radius 2 is 0.815 bits per heavy atom. The highest BCUT2D eigenvalue weighted by Crippen LogP contribution is 2.17. The lowest BCUT2D eigenvalue weighted by molar-refractivity contribution is -0.132. The summed E-state index contributed by atoms with van der Waals surface area (Å²) in [5.41, 5.74) is 0. The average Bonchev–Trinajstić information content (AvgIpc) is 3.26. The number of ether oxygens (including phenoxy) is 4. The molecule has 0 aromatic heterocycles. The van der Waals surface area contributed by atoms with Gasteiger partial charge in [0, 0.05) is 70.6 Å². The maximum Gasteiger partial charge on any atom is 0.242 e. The molecule has 0 saturated carbocycles. The molecule has 3 atom stereocenters. The molecule has 0 bridgehead atoms. The van der Waals surface area contributed by atoms with Crippen LogP contribution in [0.3, 0.4) is 0 Å². The molecule has 0 rings (SSSR count). The number of Topliss-reactive ketones (excluding diaryl/α,β-unsaturated/α-hetero) is 2. The van der Waals surface area contributed by atoms with E-state index in [9.17, 15) is 38.4 Å². The van der Waals surface area contributed by atoms with Crippen LogP contribution >= 0.6 is 50.5 Å². The average molecular weight is 999 g/mol. The smallest absolute Gasteiger partial charge is 0.242 e. The standard InChI is InChI=1S/C43H78N6O12S4/c1-33(50)11-20-58-22-24-60-26-27-61-25-23-59-21-19-47-42(56)34(32-37(51)35(48-40(54)14-30-64)9-3-6-16-44-38(52)12-28-62)8-2-5-18-46-43(57)36(49-41(55)15-31-65)10-4-7-17-45-39(53)13-29-63/h34-36,62-65H,2-32H2,1H3,(H,44,52)(H,45,53)(H,46,57)(H,47,56)(H,48,54)(H,49,55)/t34-,35+,36+/m1/s1. The van der Waals surface area contributed by atoms with Gasteiger partial charge >= 0.3 is 0 Å². The van der Waals surface area contributed by atoms with Gasteiger partial charge in [0.05, 0.1) is 58.9 Å². The Bertz CT molecular complexity index is 1360. The number of carbonyl (C=O) groups excluding carboxylic acids is 8. The van der Waals surface area contributed by atoms with Crippen molar-refractivity contribution in [3.63, 3.8) is 0 Å². The molecular weight excluding hydrogens is 921 g/mol. The highest BCUT2D eigenvalue weighted by Gasteiger charge is 2.27. The molecule has 0 saturated heterocycles. The molecule has 0 aromatic carbocycles. The molecule has 0 aliphatic rings. The zero-order chi connectivity index (χ0) is 48.3. The lowest BCUT2D eigenvalue weighted by Crippen LogP contribution is -2.47. The van der Waals surface area contributed by atoms with Crippen molar-refractivity contribution in [3.05, 3.63) is 0 Å². The van der Waals surface area contributed by atoms with Gasteiger partial charge in [-0.1, -0.05) is 6.42 Å². The minimum Gasteiger partial charge on any atom is -0.379 e. The second-order valence-corrected chi connectivity index (χ2v) is 17.0. The molecular formula is C43H78N6O12S4. The summed E-state index contributed by atoms with van der Waals surface area (Å²) in [6.45, 7) is 5.56. The first-order valence-corrected chi connectivity index (χ1v) is 25.3. The van der Waals surface area contributed by atoms with Crippen molar-refractivity contribution in [2.45, 2.75) is 115 Å². The third kappa shape index (κ3) is 38.1. The zero-order valence-corrected chi connectivity index (χ0v) is 41.9. The van der Waals surface area contributed by atoms with Crippen LogP contribution in [0.1, 0.15) is 103 Å². The van der Waals surface area contributed by atoms with E-state index in [4.69, 9.17) is 18.9 Å². The SMILES string of the molecule is CC(=O)CCOCCOCCOCCOCCNC(=O)[C@H](CCCCNC(=O)[C@H](CCCCNC(=O)CCS)NC(=O)CCS)CC(=O)[C@H](CCCCNC(=O)CCS)NC(=O)CCS. The van der Waals surface area contributed by atoms with Gasteiger partial charge in [-0.15, -0.1) is 0 Å². The lowest BCUT2D eigenvalue weighted by atomic mass is 9.91. The Hall–Kier alpha value is -2.60. The molecule has 376 valence electrons. The first kappa shape index (κ1) is 62.4. The Morgan fingerprint density at radius 3 is 1.31 bits per heavy atom. The maximum absolute atomic E-state index is 13.8. The number of thiol groups is 4. The van der Waals surface area contributed by atoms with E-state index < -0.39 is 18.0 Å². The predicted molar refractivity (Wildman–Crippen MR) is 263 cm³/mol. The van der Waals surface area contributed by atoms with Crippen molar-refractivity contribution < 1.29 is 57.3 Å². The topological polar surface area (TPSA) is 246 Å². The van der Waals surface area contributed by atoms with E-state index >= 15 is 0 Å². The normalized spacial score (nSPS) is 12.4. The van der Waals surface area contributed by atoms with Crippen LogP contribution in [0.5, 0.6) is 0 Å². The highest BCUT2D eigenvalue weighted by atomic mass is 32.1.